The van der Waals surface area contributed by atoms with Gasteiger partial charge in [0.05, 0.1) is 24.5 Å². The highest BCUT2D eigenvalue weighted by Gasteiger charge is 2.32. The Kier molecular flexibility index (Phi) is 9.54. The van der Waals surface area contributed by atoms with E-state index in [-0.39, 0.29) is 24.7 Å². The fourth-order valence-electron chi connectivity index (χ4n) is 4.55. The number of carbonyl (C=O) groups excluding carboxylic acids is 2. The second kappa shape index (κ2) is 13.1. The van der Waals surface area contributed by atoms with Crippen molar-refractivity contribution in [1.29, 1.82) is 0 Å². The van der Waals surface area contributed by atoms with Crippen LogP contribution in [0.15, 0.2) is 72.8 Å². The van der Waals surface area contributed by atoms with Crippen LogP contribution < -0.4 is 10.2 Å². The number of benzene rings is 3. The number of hydrogen-bond donors (Lipinski definition) is 1. The van der Waals surface area contributed by atoms with E-state index in [0.29, 0.717) is 36.4 Å². The van der Waals surface area contributed by atoms with Gasteiger partial charge in [-0.3, -0.25) is 14.6 Å². The molecule has 212 valence electrons. The monoisotopic (exact) mass is 567 g/mol. The van der Waals surface area contributed by atoms with Crippen molar-refractivity contribution < 1.29 is 27.1 Å². The molecule has 0 saturated carbocycles. The molecule has 1 aliphatic rings. The number of rotatable bonds is 12. The maximum atomic E-state index is 15.1. The van der Waals surface area contributed by atoms with Gasteiger partial charge in [-0.2, -0.15) is 0 Å². The Balaban J connectivity index is 1.39. The summed E-state index contributed by atoms with van der Waals surface area (Å²) in [7, 11) is -3.08. The zero-order valence-electron chi connectivity index (χ0n) is 22.7. The minimum atomic E-state index is -3.08. The summed E-state index contributed by atoms with van der Waals surface area (Å²) >= 11 is 0. The lowest BCUT2D eigenvalue weighted by Gasteiger charge is -2.22. The molecule has 40 heavy (non-hydrogen) atoms. The van der Waals surface area contributed by atoms with Crippen LogP contribution in [0.25, 0.3) is 11.1 Å². The van der Waals surface area contributed by atoms with Crippen molar-refractivity contribution in [2.75, 3.05) is 43.1 Å². The third-order valence-corrected chi connectivity index (χ3v) is 7.65. The summed E-state index contributed by atoms with van der Waals surface area (Å²) in [5.41, 5.74) is 3.69. The molecular formula is C30H34FN3O5S. The maximum absolute atomic E-state index is 15.1. The molecule has 1 fully saturated rings. The highest BCUT2D eigenvalue weighted by atomic mass is 32.2. The fraction of sp³-hybridized carbons (Fsp3) is 0.333. The SMILES string of the molecule is CC(=O)NCC1CN(c2ccc(-c3ccc(CCN(CCS(C)(=O)=O)Cc4ccccc4)cc3)c(F)c2)C(=O)O1. The lowest BCUT2D eigenvalue weighted by Crippen LogP contribution is -2.33. The maximum Gasteiger partial charge on any atom is 0.414 e. The first-order valence-electron chi connectivity index (χ1n) is 13.1. The van der Waals surface area contributed by atoms with E-state index in [1.807, 2.05) is 54.6 Å². The highest BCUT2D eigenvalue weighted by molar-refractivity contribution is 7.90. The second-order valence-corrected chi connectivity index (χ2v) is 12.3. The zero-order valence-corrected chi connectivity index (χ0v) is 23.5. The molecule has 1 N–H and O–H groups in total. The van der Waals surface area contributed by atoms with Gasteiger partial charge >= 0.3 is 6.09 Å². The van der Waals surface area contributed by atoms with Crippen LogP contribution in [0.3, 0.4) is 0 Å². The molecule has 1 saturated heterocycles. The molecule has 0 radical (unpaired) electrons. The normalized spacial score (nSPS) is 15.3. The Bertz CT molecular complexity index is 1430. The average Bonchev–Trinajstić information content (AvgIpc) is 3.30. The number of anilines is 1. The molecule has 0 bridgehead atoms. The average molecular weight is 568 g/mol. The fourth-order valence-corrected chi connectivity index (χ4v) is 5.14. The first-order valence-corrected chi connectivity index (χ1v) is 15.2. The van der Waals surface area contributed by atoms with E-state index >= 15 is 4.39 Å². The molecule has 1 aliphatic heterocycles. The molecule has 8 nitrogen and oxygen atoms in total. The van der Waals surface area contributed by atoms with Crippen LogP contribution in [0.5, 0.6) is 0 Å². The van der Waals surface area contributed by atoms with Crippen molar-refractivity contribution in [3.63, 3.8) is 0 Å². The van der Waals surface area contributed by atoms with E-state index in [9.17, 15) is 18.0 Å². The number of halogens is 1. The van der Waals surface area contributed by atoms with Gasteiger partial charge in [0, 0.05) is 38.4 Å². The lowest BCUT2D eigenvalue weighted by atomic mass is 10.0. The summed E-state index contributed by atoms with van der Waals surface area (Å²) < 4.78 is 43.9. The minimum Gasteiger partial charge on any atom is -0.442 e. The number of nitrogens with zero attached hydrogens (tertiary/aromatic N) is 2. The Morgan fingerprint density at radius 1 is 1.05 bits per heavy atom. The largest absolute Gasteiger partial charge is 0.442 e. The first kappa shape index (κ1) is 29.2. The summed E-state index contributed by atoms with van der Waals surface area (Å²) in [5.74, 6) is -0.579. The molecule has 0 aliphatic carbocycles. The van der Waals surface area contributed by atoms with Crippen LogP contribution in [0.2, 0.25) is 0 Å². The van der Waals surface area contributed by atoms with Crippen LogP contribution in [-0.2, 0) is 32.3 Å². The molecule has 4 rings (SSSR count). The van der Waals surface area contributed by atoms with Gasteiger partial charge in [-0.25, -0.2) is 17.6 Å². The van der Waals surface area contributed by atoms with Crippen LogP contribution in [0, 0.1) is 5.82 Å². The molecule has 0 spiro atoms. The van der Waals surface area contributed by atoms with Crippen molar-refractivity contribution >= 4 is 27.5 Å². The quantitative estimate of drug-likeness (QED) is 0.355. The molecule has 2 amide bonds. The van der Waals surface area contributed by atoms with Gasteiger partial charge in [-0.05, 0) is 41.3 Å². The van der Waals surface area contributed by atoms with Gasteiger partial charge in [0.2, 0.25) is 5.91 Å². The van der Waals surface area contributed by atoms with Crippen molar-refractivity contribution in [2.24, 2.45) is 0 Å². The predicted molar refractivity (Wildman–Crippen MR) is 153 cm³/mol. The summed E-state index contributed by atoms with van der Waals surface area (Å²) in [6.45, 7) is 3.59. The molecule has 3 aromatic rings. The summed E-state index contributed by atoms with van der Waals surface area (Å²) in [6, 6.07) is 22.2. The molecule has 3 aromatic carbocycles. The number of carbonyl (C=O) groups is 2. The van der Waals surface area contributed by atoms with E-state index in [4.69, 9.17) is 4.74 Å². The van der Waals surface area contributed by atoms with Gasteiger partial charge in [0.15, 0.2) is 0 Å². The number of amides is 2. The van der Waals surface area contributed by atoms with Crippen LogP contribution in [0.1, 0.15) is 18.1 Å². The Hall–Kier alpha value is -3.76. The summed E-state index contributed by atoms with van der Waals surface area (Å²) in [6.07, 6.45) is 0.890. The zero-order chi connectivity index (χ0) is 28.7. The molecule has 10 heteroatoms. The van der Waals surface area contributed by atoms with E-state index < -0.39 is 27.9 Å². The van der Waals surface area contributed by atoms with E-state index in [0.717, 1.165) is 17.5 Å². The topological polar surface area (TPSA) is 96.0 Å². The van der Waals surface area contributed by atoms with Crippen molar-refractivity contribution in [3.8, 4) is 11.1 Å². The van der Waals surface area contributed by atoms with Gasteiger partial charge in [-0.15, -0.1) is 0 Å². The highest BCUT2D eigenvalue weighted by Crippen LogP contribution is 2.29. The van der Waals surface area contributed by atoms with Crippen LogP contribution in [0.4, 0.5) is 14.9 Å². The van der Waals surface area contributed by atoms with Gasteiger partial charge in [0.1, 0.15) is 21.8 Å². The van der Waals surface area contributed by atoms with Crippen molar-refractivity contribution in [1.82, 2.24) is 10.2 Å². The number of sulfone groups is 1. The van der Waals surface area contributed by atoms with E-state index in [2.05, 4.69) is 10.2 Å². The first-order chi connectivity index (χ1) is 19.1. The summed E-state index contributed by atoms with van der Waals surface area (Å²) in [5, 5.41) is 2.62. The third-order valence-electron chi connectivity index (χ3n) is 6.73. The molecule has 1 heterocycles. The van der Waals surface area contributed by atoms with Gasteiger partial charge in [-0.1, -0.05) is 54.6 Å². The van der Waals surface area contributed by atoms with Crippen LogP contribution in [-0.4, -0.2) is 69.6 Å². The molecule has 1 unspecified atom stereocenters. The Morgan fingerprint density at radius 2 is 1.77 bits per heavy atom. The third kappa shape index (κ3) is 8.37. The van der Waals surface area contributed by atoms with Gasteiger partial charge in [0.25, 0.3) is 0 Å². The van der Waals surface area contributed by atoms with E-state index in [1.54, 1.807) is 12.1 Å². The summed E-state index contributed by atoms with van der Waals surface area (Å²) in [4.78, 5) is 26.9. The Morgan fingerprint density at radius 3 is 2.42 bits per heavy atom. The van der Waals surface area contributed by atoms with Crippen molar-refractivity contribution in [3.05, 3.63) is 89.7 Å². The second-order valence-electron chi connectivity index (χ2n) is 10.1. The minimum absolute atomic E-state index is 0.0964. The smallest absolute Gasteiger partial charge is 0.414 e. The molecule has 0 aromatic heterocycles. The lowest BCUT2D eigenvalue weighted by molar-refractivity contribution is -0.119. The number of ether oxygens (including phenoxy) is 1. The van der Waals surface area contributed by atoms with Crippen molar-refractivity contribution in [2.45, 2.75) is 26.0 Å². The Labute approximate surface area is 234 Å². The number of cyclic esters (lactones) is 1. The standard InChI is InChI=1S/C30H34FN3O5S/c1-22(35)32-19-27-21-34(30(36)39-27)26-12-13-28(29(31)18-26)25-10-8-23(9-11-25)14-15-33(16-17-40(2,37)38)20-24-6-4-3-5-7-24/h3-13,18,27H,14-17,19-21H2,1-2H3,(H,32,35). The molecular weight excluding hydrogens is 533 g/mol. The molecule has 1 atom stereocenters. The predicted octanol–water partition coefficient (Wildman–Crippen LogP) is 4.04. The van der Waals surface area contributed by atoms with E-state index in [1.165, 1.54) is 24.1 Å². The number of hydrogen-bond acceptors (Lipinski definition) is 6. The number of nitrogens with one attached hydrogen (secondary N) is 1. The van der Waals surface area contributed by atoms with Crippen LogP contribution >= 0.6 is 0 Å². The van der Waals surface area contributed by atoms with Gasteiger partial charge < -0.3 is 10.1 Å².